The molecular formula is C10H8F4O2. The average Bonchev–Trinajstić information content (AvgIpc) is 2.06. The molecule has 0 aliphatic carbocycles. The highest BCUT2D eigenvalue weighted by Gasteiger charge is 2.29. The minimum Gasteiger partial charge on any atom is -0.481 e. The van der Waals surface area contributed by atoms with Crippen LogP contribution in [-0.4, -0.2) is 17.3 Å². The van der Waals surface area contributed by atoms with Gasteiger partial charge in [0.2, 0.25) is 0 Å². The molecule has 6 heteroatoms. The van der Waals surface area contributed by atoms with Crippen LogP contribution < -0.4 is 0 Å². The lowest BCUT2D eigenvalue weighted by Crippen LogP contribution is -2.13. The second-order valence-electron chi connectivity index (χ2n) is 3.29. The van der Waals surface area contributed by atoms with E-state index in [0.29, 0.717) is 0 Å². The maximum Gasteiger partial charge on any atom is 0.393 e. The molecule has 1 aromatic rings. The molecule has 1 rings (SSSR count). The van der Waals surface area contributed by atoms with Crippen LogP contribution in [0, 0.1) is 5.82 Å². The van der Waals surface area contributed by atoms with Crippen molar-refractivity contribution in [2.75, 3.05) is 0 Å². The van der Waals surface area contributed by atoms with Crippen molar-refractivity contribution in [1.82, 2.24) is 0 Å². The molecule has 0 spiro atoms. The van der Waals surface area contributed by atoms with E-state index in [2.05, 4.69) is 0 Å². The fourth-order valence-electron chi connectivity index (χ4n) is 1.23. The van der Waals surface area contributed by atoms with Crippen LogP contribution in [0.2, 0.25) is 0 Å². The number of benzene rings is 1. The monoisotopic (exact) mass is 236 g/mol. The third-order valence-electron chi connectivity index (χ3n) is 1.86. The summed E-state index contributed by atoms with van der Waals surface area (Å²) < 4.78 is 49.1. The van der Waals surface area contributed by atoms with Gasteiger partial charge < -0.3 is 5.11 Å². The summed E-state index contributed by atoms with van der Waals surface area (Å²) in [4.78, 5) is 10.3. The Hall–Kier alpha value is -1.59. The number of hydrogen-bond acceptors (Lipinski definition) is 1. The lowest BCUT2D eigenvalue weighted by molar-refractivity contribution is -0.136. The van der Waals surface area contributed by atoms with Crippen LogP contribution >= 0.6 is 0 Å². The van der Waals surface area contributed by atoms with Gasteiger partial charge in [0, 0.05) is 0 Å². The predicted octanol–water partition coefficient (Wildman–Crippen LogP) is 2.56. The van der Waals surface area contributed by atoms with E-state index < -0.39 is 36.4 Å². The molecule has 88 valence electrons. The summed E-state index contributed by atoms with van der Waals surface area (Å²) in [7, 11) is 0. The van der Waals surface area contributed by atoms with Crippen molar-refractivity contribution in [2.45, 2.75) is 19.0 Å². The molecule has 1 aromatic carbocycles. The first kappa shape index (κ1) is 12.5. The standard InChI is InChI=1S/C10H8F4O2/c11-8-3-6(4-9(15)16)1-2-7(8)5-10(12,13)14/h1-3H,4-5H2,(H,15,16). The number of halogens is 4. The van der Waals surface area contributed by atoms with Crippen LogP contribution in [0.5, 0.6) is 0 Å². The highest BCUT2D eigenvalue weighted by molar-refractivity contribution is 5.70. The largest absolute Gasteiger partial charge is 0.481 e. The van der Waals surface area contributed by atoms with Crippen LogP contribution in [0.15, 0.2) is 18.2 Å². The quantitative estimate of drug-likeness (QED) is 0.819. The van der Waals surface area contributed by atoms with E-state index in [1.807, 2.05) is 0 Å². The van der Waals surface area contributed by atoms with Crippen molar-refractivity contribution in [3.63, 3.8) is 0 Å². The van der Waals surface area contributed by atoms with E-state index in [0.717, 1.165) is 12.1 Å². The van der Waals surface area contributed by atoms with Gasteiger partial charge in [-0.25, -0.2) is 4.39 Å². The van der Waals surface area contributed by atoms with E-state index in [9.17, 15) is 22.4 Å². The van der Waals surface area contributed by atoms with Crippen molar-refractivity contribution in [1.29, 1.82) is 0 Å². The minimum absolute atomic E-state index is 0.135. The van der Waals surface area contributed by atoms with Crippen LogP contribution in [0.4, 0.5) is 17.6 Å². The number of hydrogen-bond donors (Lipinski definition) is 1. The third kappa shape index (κ3) is 3.88. The first-order valence-corrected chi connectivity index (χ1v) is 4.34. The van der Waals surface area contributed by atoms with Crippen molar-refractivity contribution in [3.05, 3.63) is 35.1 Å². The van der Waals surface area contributed by atoms with Gasteiger partial charge in [0.05, 0.1) is 12.8 Å². The molecule has 0 amide bonds. The highest BCUT2D eigenvalue weighted by atomic mass is 19.4. The van der Waals surface area contributed by atoms with Crippen molar-refractivity contribution in [2.24, 2.45) is 0 Å². The summed E-state index contributed by atoms with van der Waals surface area (Å²) in [5.74, 6) is -2.20. The Bertz CT molecular complexity index is 398. The van der Waals surface area contributed by atoms with E-state index in [4.69, 9.17) is 5.11 Å². The van der Waals surface area contributed by atoms with Crippen molar-refractivity contribution >= 4 is 5.97 Å². The average molecular weight is 236 g/mol. The number of carboxylic acids is 1. The molecule has 1 N–H and O–H groups in total. The molecular weight excluding hydrogens is 228 g/mol. The fraction of sp³-hybridized carbons (Fsp3) is 0.300. The summed E-state index contributed by atoms with van der Waals surface area (Å²) in [6, 6.07) is 2.95. The van der Waals surface area contributed by atoms with Gasteiger partial charge in [0.25, 0.3) is 0 Å². The van der Waals surface area contributed by atoms with Crippen LogP contribution in [-0.2, 0) is 17.6 Å². The fourth-order valence-corrected chi connectivity index (χ4v) is 1.23. The zero-order chi connectivity index (χ0) is 12.3. The molecule has 16 heavy (non-hydrogen) atoms. The van der Waals surface area contributed by atoms with Gasteiger partial charge in [-0.3, -0.25) is 4.79 Å². The molecule has 0 saturated heterocycles. The SMILES string of the molecule is O=C(O)Cc1ccc(CC(F)(F)F)c(F)c1. The maximum absolute atomic E-state index is 13.1. The molecule has 0 fully saturated rings. The zero-order valence-electron chi connectivity index (χ0n) is 8.01. The molecule has 0 aliphatic rings. The van der Waals surface area contributed by atoms with Gasteiger partial charge in [-0.2, -0.15) is 13.2 Å². The summed E-state index contributed by atoms with van der Waals surface area (Å²) >= 11 is 0. The van der Waals surface area contributed by atoms with Crippen LogP contribution in [0.25, 0.3) is 0 Å². The Morgan fingerprint density at radius 2 is 1.94 bits per heavy atom. The number of rotatable bonds is 3. The van der Waals surface area contributed by atoms with Gasteiger partial charge in [-0.1, -0.05) is 12.1 Å². The number of carbonyl (C=O) groups is 1. The van der Waals surface area contributed by atoms with Gasteiger partial charge in [0.1, 0.15) is 5.82 Å². The molecule has 0 aromatic heterocycles. The van der Waals surface area contributed by atoms with Crippen molar-refractivity contribution < 1.29 is 27.5 Å². The Kier molecular flexibility index (Phi) is 3.51. The van der Waals surface area contributed by atoms with E-state index in [1.54, 1.807) is 0 Å². The van der Waals surface area contributed by atoms with E-state index in [1.165, 1.54) is 6.07 Å². The molecule has 0 radical (unpaired) electrons. The van der Waals surface area contributed by atoms with Crippen molar-refractivity contribution in [3.8, 4) is 0 Å². The van der Waals surface area contributed by atoms with Gasteiger partial charge in [-0.05, 0) is 17.2 Å². The smallest absolute Gasteiger partial charge is 0.393 e. The molecule has 2 nitrogen and oxygen atoms in total. The normalized spacial score (nSPS) is 11.5. The second-order valence-corrected chi connectivity index (χ2v) is 3.29. The molecule has 0 saturated carbocycles. The summed E-state index contributed by atoms with van der Waals surface area (Å²) in [5, 5.41) is 8.41. The van der Waals surface area contributed by atoms with Gasteiger partial charge in [0.15, 0.2) is 0 Å². The molecule has 0 aliphatic heterocycles. The molecule has 0 unspecified atom stereocenters. The predicted molar refractivity (Wildman–Crippen MR) is 47.5 cm³/mol. The first-order chi connectivity index (χ1) is 7.28. The summed E-state index contributed by atoms with van der Waals surface area (Å²) in [6.07, 6.45) is -6.25. The molecule has 0 heterocycles. The molecule has 0 bridgehead atoms. The lowest BCUT2D eigenvalue weighted by Gasteiger charge is -2.08. The number of aliphatic carboxylic acids is 1. The van der Waals surface area contributed by atoms with Crippen LogP contribution in [0.3, 0.4) is 0 Å². The van der Waals surface area contributed by atoms with Crippen LogP contribution in [0.1, 0.15) is 11.1 Å². The highest BCUT2D eigenvalue weighted by Crippen LogP contribution is 2.23. The first-order valence-electron chi connectivity index (χ1n) is 4.34. The third-order valence-corrected chi connectivity index (χ3v) is 1.86. The van der Waals surface area contributed by atoms with E-state index in [-0.39, 0.29) is 5.56 Å². The second kappa shape index (κ2) is 4.51. The van der Waals surface area contributed by atoms with E-state index >= 15 is 0 Å². The number of carboxylic acid groups (broad SMARTS) is 1. The Morgan fingerprint density at radius 1 is 1.31 bits per heavy atom. The zero-order valence-corrected chi connectivity index (χ0v) is 8.01. The van der Waals surface area contributed by atoms with Gasteiger partial charge >= 0.3 is 12.1 Å². The van der Waals surface area contributed by atoms with Gasteiger partial charge in [-0.15, -0.1) is 0 Å². The molecule has 0 atom stereocenters. The Balaban J connectivity index is 2.87. The summed E-state index contributed by atoms with van der Waals surface area (Å²) in [5.41, 5.74) is -0.349. The maximum atomic E-state index is 13.1. The Morgan fingerprint density at radius 3 is 2.38 bits per heavy atom. The summed E-state index contributed by atoms with van der Waals surface area (Å²) in [6.45, 7) is 0. The number of alkyl halides is 3. The minimum atomic E-state index is -4.48. The Labute approximate surface area is 88.5 Å². The lowest BCUT2D eigenvalue weighted by atomic mass is 10.1. The topological polar surface area (TPSA) is 37.3 Å².